The van der Waals surface area contributed by atoms with Crippen LogP contribution in [0.15, 0.2) is 121 Å². The van der Waals surface area contributed by atoms with Gasteiger partial charge >= 0.3 is 0 Å². The number of hydrogen-bond acceptors (Lipinski definition) is 17. The molecule has 0 saturated carbocycles. The Kier molecular flexibility index (Phi) is 36.9. The zero-order valence-electron chi connectivity index (χ0n) is 63.5. The number of nitriles is 1. The molecule has 0 aliphatic carbocycles. The number of sulfonamides is 3. The zero-order valence-corrected chi connectivity index (χ0v) is 67.5. The summed E-state index contributed by atoms with van der Waals surface area (Å²) in [6.07, 6.45) is 41.1. The smallest absolute Gasteiger partial charge is 0.281 e. The van der Waals surface area contributed by atoms with E-state index in [4.69, 9.17) is 0 Å². The molecule has 19 nitrogen and oxygen atoms in total. The highest BCUT2D eigenvalue weighted by atomic mass is 32.2. The fourth-order valence-corrected chi connectivity index (χ4v) is 21.0. The van der Waals surface area contributed by atoms with Crippen molar-refractivity contribution in [1.29, 1.82) is 5.26 Å². The van der Waals surface area contributed by atoms with Crippen LogP contribution in [0.25, 0.3) is 0 Å². The van der Waals surface area contributed by atoms with Crippen LogP contribution >= 0.6 is 23.5 Å². The van der Waals surface area contributed by atoms with Crippen LogP contribution in [-0.4, -0.2) is 129 Å². The van der Waals surface area contributed by atoms with Crippen LogP contribution in [-0.2, 0) is 34.9 Å². The minimum atomic E-state index is -4.42. The van der Waals surface area contributed by atoms with E-state index >= 15 is 0 Å². The molecule has 0 radical (unpaired) electrons. The first-order valence-corrected chi connectivity index (χ1v) is 45.5. The molecular formula is C80H124N10O9S5. The maximum absolute atomic E-state index is 14.9. The van der Waals surface area contributed by atoms with Gasteiger partial charge in [-0.1, -0.05) is 231 Å². The van der Waals surface area contributed by atoms with E-state index in [-0.39, 0.29) is 96.8 Å². The monoisotopic (exact) mass is 1530 g/mol. The molecule has 578 valence electrons. The van der Waals surface area contributed by atoms with Crippen LogP contribution in [0.4, 0.5) is 11.4 Å². The molecule has 0 bridgehead atoms. The van der Waals surface area contributed by atoms with Crippen LogP contribution in [0, 0.1) is 11.3 Å². The number of anilines is 1. The standard InChI is InChI=1S/C80H124N10O9S5/c1-7-9-11-13-15-17-19-21-23-25-27-29-31-33-35-40-55-87-63-79(3,4)100-77(87)70-60-67(49-51-73(70)91)102(94,95)82-53-43-57-89(104(98,99)69-48-42-45-65(59-69)84-85-75-72(62-81)86-90(76(75)93)66-46-38-37-39-47-66)58-44-54-83-103(96,97)68-50-52-74(92)71(61-68)78-88(64-80(5,6)101-78)56-41-36-34-32-30-28-26-24-22-20-18-16-14-12-10-8-2/h37-39,42,45-52,59-61,75,77-78,82-83,91-92H,7-36,40-41,43-44,53-58,63-64H2,1-6H3. The molecule has 0 spiro atoms. The van der Waals surface area contributed by atoms with Crippen LogP contribution in [0.1, 0.15) is 282 Å². The van der Waals surface area contributed by atoms with Gasteiger partial charge in [0.1, 0.15) is 17.6 Å². The average molecular weight is 1530 g/mol. The first kappa shape index (κ1) is 86.3. The molecule has 3 atom stereocenters. The van der Waals surface area contributed by atoms with Gasteiger partial charge in [-0.2, -0.15) is 29.9 Å². The van der Waals surface area contributed by atoms with E-state index in [0.717, 1.165) is 56.9 Å². The molecule has 4 N–H and O–H groups in total. The number of thioether (sulfide) groups is 2. The molecule has 2 fully saturated rings. The molecule has 4 aromatic carbocycles. The topological polar surface area (TPSA) is 258 Å². The first-order valence-electron chi connectivity index (χ1n) is 39.4. The Morgan fingerprint density at radius 2 is 0.913 bits per heavy atom. The Morgan fingerprint density at radius 3 is 1.31 bits per heavy atom. The van der Waals surface area contributed by atoms with Gasteiger partial charge in [0, 0.05) is 59.9 Å². The van der Waals surface area contributed by atoms with Crippen LogP contribution < -0.4 is 14.5 Å². The summed E-state index contributed by atoms with van der Waals surface area (Å²) in [4.78, 5) is 17.9. The van der Waals surface area contributed by atoms with Gasteiger partial charge in [0.15, 0.2) is 5.71 Å². The number of nitrogens with zero attached hydrogens (tertiary/aromatic N) is 8. The summed E-state index contributed by atoms with van der Waals surface area (Å²) >= 11 is 3.40. The SMILES string of the molecule is CCCCCCCCCCCCCCCCCCN1CC(C)(C)SC1c1cc(S(=O)(=O)NCCCN(CCCNS(=O)(=O)c2ccc(O)c(C3SC(C)(C)CN3CCCCCCCCCCCCCCCCCC)c2)S(=O)(=O)c2cccc(N=NC3C(=O)N(c4ccccc4)N=C3C#N)c2)ccc1O. The Hall–Kier alpha value is -4.94. The lowest BCUT2D eigenvalue weighted by atomic mass is 10.0. The van der Waals surface area contributed by atoms with Gasteiger partial charge in [-0.05, 0) is 133 Å². The van der Waals surface area contributed by atoms with Crippen molar-refractivity contribution in [3.63, 3.8) is 0 Å². The number of phenolic OH excluding ortho intramolecular Hbond substituents is 2. The second kappa shape index (κ2) is 44.5. The molecule has 2 saturated heterocycles. The van der Waals surface area contributed by atoms with Gasteiger partial charge in [-0.25, -0.2) is 34.7 Å². The number of aromatic hydroxyl groups is 2. The van der Waals surface area contributed by atoms with Crippen LogP contribution in [0.5, 0.6) is 11.5 Å². The maximum atomic E-state index is 14.9. The zero-order chi connectivity index (χ0) is 74.9. The molecule has 3 aliphatic rings. The molecule has 3 unspecified atom stereocenters. The fourth-order valence-electron chi connectivity index (χ4n) is 14.2. The number of benzene rings is 4. The number of hydrazone groups is 1. The number of nitrogens with one attached hydrogen (secondary N) is 2. The fraction of sp³-hybridized carbons (Fsp3) is 0.662. The van der Waals surface area contributed by atoms with Crippen molar-refractivity contribution in [1.82, 2.24) is 23.5 Å². The minimum Gasteiger partial charge on any atom is -0.508 e. The van der Waals surface area contributed by atoms with Crippen molar-refractivity contribution in [2.45, 2.75) is 301 Å². The maximum Gasteiger partial charge on any atom is 0.281 e. The number of rotatable bonds is 53. The summed E-state index contributed by atoms with van der Waals surface area (Å²) in [5, 5.41) is 45.7. The third-order valence-corrected chi connectivity index (χ3v) is 27.9. The lowest BCUT2D eigenvalue weighted by Gasteiger charge is -2.25. The lowest BCUT2D eigenvalue weighted by Crippen LogP contribution is -2.36. The van der Waals surface area contributed by atoms with Gasteiger partial charge in [0.25, 0.3) is 5.91 Å². The van der Waals surface area contributed by atoms with E-state index < -0.39 is 42.0 Å². The summed E-state index contributed by atoms with van der Waals surface area (Å²) in [5.74, 6) is -0.599. The summed E-state index contributed by atoms with van der Waals surface area (Å²) in [6.45, 7) is 15.7. The van der Waals surface area contributed by atoms with Gasteiger partial charge in [-0.15, -0.1) is 23.5 Å². The molecule has 4 aromatic rings. The van der Waals surface area contributed by atoms with Gasteiger partial charge in [0.2, 0.25) is 36.1 Å². The number of hydrogen-bond donors (Lipinski definition) is 4. The molecule has 1 amide bonds. The minimum absolute atomic E-state index is 0.00895. The lowest BCUT2D eigenvalue weighted by molar-refractivity contribution is -0.117. The van der Waals surface area contributed by atoms with E-state index in [1.807, 2.05) is 6.07 Å². The predicted molar refractivity (Wildman–Crippen MR) is 427 cm³/mol. The summed E-state index contributed by atoms with van der Waals surface area (Å²) in [6, 6.07) is 23.4. The molecule has 0 aromatic heterocycles. The highest BCUT2D eigenvalue weighted by molar-refractivity contribution is 8.01. The third kappa shape index (κ3) is 28.2. The molecular weight excluding hydrogens is 1410 g/mol. The Bertz CT molecular complexity index is 3550. The quantitative estimate of drug-likeness (QED) is 0.0237. The van der Waals surface area contributed by atoms with E-state index in [1.165, 1.54) is 233 Å². The van der Waals surface area contributed by atoms with E-state index in [1.54, 1.807) is 66.0 Å². The second-order valence-corrected chi connectivity index (χ2v) is 39.1. The summed E-state index contributed by atoms with van der Waals surface area (Å²) in [7, 11) is -12.8. The van der Waals surface area contributed by atoms with E-state index in [2.05, 4.69) is 76.1 Å². The number of para-hydroxylation sites is 1. The highest BCUT2D eigenvalue weighted by Crippen LogP contribution is 2.52. The first-order chi connectivity index (χ1) is 50.0. The van der Waals surface area contributed by atoms with Crippen molar-refractivity contribution < 1.29 is 40.3 Å². The van der Waals surface area contributed by atoms with Gasteiger partial charge in [0.05, 0.1) is 36.8 Å². The molecule has 104 heavy (non-hydrogen) atoms. The number of amides is 1. The second-order valence-electron chi connectivity index (χ2n) is 30.1. The molecule has 3 heterocycles. The Morgan fingerprint density at radius 1 is 0.519 bits per heavy atom. The van der Waals surface area contributed by atoms with Crippen molar-refractivity contribution >= 4 is 76.6 Å². The van der Waals surface area contributed by atoms with Gasteiger partial charge in [-0.3, -0.25) is 14.6 Å². The van der Waals surface area contributed by atoms with E-state index in [0.29, 0.717) is 16.8 Å². The molecule has 7 rings (SSSR count). The third-order valence-electron chi connectivity index (χ3n) is 20.0. The molecule has 24 heteroatoms. The Balaban J connectivity index is 0.955. The van der Waals surface area contributed by atoms with Gasteiger partial charge < -0.3 is 10.2 Å². The van der Waals surface area contributed by atoms with Crippen molar-refractivity contribution in [3.8, 4) is 17.6 Å². The summed E-state index contributed by atoms with van der Waals surface area (Å²) in [5.41, 5.74) is 1.32. The molecule has 3 aliphatic heterocycles. The van der Waals surface area contributed by atoms with Crippen molar-refractivity contribution in [2.75, 3.05) is 57.4 Å². The predicted octanol–water partition coefficient (Wildman–Crippen LogP) is 19.4. The Labute approximate surface area is 634 Å². The number of phenols is 2. The number of azo groups is 1. The number of unbranched alkanes of at least 4 members (excludes halogenated alkanes) is 30. The van der Waals surface area contributed by atoms with Crippen molar-refractivity contribution in [3.05, 3.63) is 102 Å². The summed E-state index contributed by atoms with van der Waals surface area (Å²) < 4.78 is 92.7. The number of carbonyl (C=O) groups excluding carboxylic acids is 1. The van der Waals surface area contributed by atoms with Crippen LogP contribution in [0.2, 0.25) is 0 Å². The largest absolute Gasteiger partial charge is 0.508 e. The van der Waals surface area contributed by atoms with E-state index in [9.17, 15) is 45.5 Å². The average Bonchev–Trinajstić information content (AvgIpc) is 1.56. The van der Waals surface area contributed by atoms with Crippen LogP contribution in [0.3, 0.4) is 0 Å². The number of carbonyl (C=O) groups is 1. The van der Waals surface area contributed by atoms with Crippen molar-refractivity contribution in [2.24, 2.45) is 15.3 Å². The highest BCUT2D eigenvalue weighted by Gasteiger charge is 2.42. The normalized spacial score (nSPS) is 18.0.